The zero-order valence-electron chi connectivity index (χ0n) is 10.5. The molecular formula is C15H12Cl3F. The lowest BCUT2D eigenvalue weighted by Gasteiger charge is -2.15. The fourth-order valence-corrected chi connectivity index (χ4v) is 2.77. The van der Waals surface area contributed by atoms with Crippen molar-refractivity contribution in [3.05, 3.63) is 68.4 Å². The van der Waals surface area contributed by atoms with Gasteiger partial charge in [0.05, 0.1) is 5.38 Å². The Morgan fingerprint density at radius 1 is 0.947 bits per heavy atom. The molecule has 2 aromatic carbocycles. The summed E-state index contributed by atoms with van der Waals surface area (Å²) in [6, 6.07) is 8.19. The average molecular weight is 318 g/mol. The van der Waals surface area contributed by atoms with E-state index in [4.69, 9.17) is 34.8 Å². The van der Waals surface area contributed by atoms with E-state index in [-0.39, 0.29) is 0 Å². The minimum absolute atomic E-state index is 0.344. The third-order valence-corrected chi connectivity index (χ3v) is 4.15. The second-order valence-corrected chi connectivity index (χ2v) is 5.77. The van der Waals surface area contributed by atoms with Crippen LogP contribution in [0.3, 0.4) is 0 Å². The molecule has 0 saturated carbocycles. The van der Waals surface area contributed by atoms with E-state index in [9.17, 15) is 4.39 Å². The third-order valence-electron chi connectivity index (χ3n) is 3.12. The van der Waals surface area contributed by atoms with Gasteiger partial charge < -0.3 is 0 Å². The molecule has 0 bridgehead atoms. The Kier molecular flexibility index (Phi) is 4.39. The van der Waals surface area contributed by atoms with Crippen molar-refractivity contribution in [3.63, 3.8) is 0 Å². The van der Waals surface area contributed by atoms with Gasteiger partial charge in [-0.25, -0.2) is 4.39 Å². The van der Waals surface area contributed by atoms with Crippen molar-refractivity contribution in [2.24, 2.45) is 0 Å². The van der Waals surface area contributed by atoms with Gasteiger partial charge in [0.1, 0.15) is 5.82 Å². The zero-order chi connectivity index (χ0) is 14.2. The maximum atomic E-state index is 13.9. The van der Waals surface area contributed by atoms with E-state index in [0.717, 1.165) is 11.1 Å². The van der Waals surface area contributed by atoms with E-state index in [1.807, 2.05) is 26.0 Å². The summed E-state index contributed by atoms with van der Waals surface area (Å²) in [5.41, 5.74) is 3.22. The van der Waals surface area contributed by atoms with Crippen LogP contribution in [0.25, 0.3) is 0 Å². The average Bonchev–Trinajstić information content (AvgIpc) is 2.33. The summed E-state index contributed by atoms with van der Waals surface area (Å²) in [6.45, 7) is 3.94. The lowest BCUT2D eigenvalue weighted by Crippen LogP contribution is -1.99. The first-order valence-electron chi connectivity index (χ1n) is 5.76. The van der Waals surface area contributed by atoms with Crippen molar-refractivity contribution in [1.29, 1.82) is 0 Å². The molecule has 2 rings (SSSR count). The number of alkyl halides is 1. The van der Waals surface area contributed by atoms with E-state index in [0.29, 0.717) is 21.2 Å². The van der Waals surface area contributed by atoms with Gasteiger partial charge in [-0.1, -0.05) is 35.3 Å². The molecule has 1 unspecified atom stereocenters. The first-order chi connectivity index (χ1) is 8.90. The maximum absolute atomic E-state index is 13.9. The van der Waals surface area contributed by atoms with Crippen LogP contribution in [-0.4, -0.2) is 0 Å². The molecule has 0 aliphatic heterocycles. The molecule has 0 amide bonds. The first-order valence-corrected chi connectivity index (χ1v) is 6.95. The van der Waals surface area contributed by atoms with E-state index in [1.54, 1.807) is 12.1 Å². The second kappa shape index (κ2) is 5.70. The topological polar surface area (TPSA) is 0 Å². The molecule has 0 aliphatic rings. The molecule has 0 heterocycles. The van der Waals surface area contributed by atoms with Gasteiger partial charge in [0.25, 0.3) is 0 Å². The van der Waals surface area contributed by atoms with Gasteiger partial charge in [-0.2, -0.15) is 0 Å². The number of hydrogen-bond acceptors (Lipinski definition) is 0. The molecule has 0 radical (unpaired) electrons. The molecule has 2 aromatic rings. The van der Waals surface area contributed by atoms with Crippen LogP contribution >= 0.6 is 34.8 Å². The zero-order valence-corrected chi connectivity index (χ0v) is 12.7. The Morgan fingerprint density at radius 2 is 1.58 bits per heavy atom. The van der Waals surface area contributed by atoms with Gasteiger partial charge >= 0.3 is 0 Å². The van der Waals surface area contributed by atoms with Crippen molar-refractivity contribution in [2.75, 3.05) is 0 Å². The molecule has 100 valence electrons. The lowest BCUT2D eigenvalue weighted by atomic mass is 9.99. The smallest absolute Gasteiger partial charge is 0.129 e. The summed E-state index contributed by atoms with van der Waals surface area (Å²) in [5, 5.41) is 0.248. The van der Waals surface area contributed by atoms with Crippen LogP contribution in [0.4, 0.5) is 4.39 Å². The van der Waals surface area contributed by atoms with Crippen LogP contribution in [0.5, 0.6) is 0 Å². The highest BCUT2D eigenvalue weighted by Gasteiger charge is 2.19. The van der Waals surface area contributed by atoms with Gasteiger partial charge in [-0.05, 0) is 48.7 Å². The van der Waals surface area contributed by atoms with Gasteiger partial charge in [0, 0.05) is 15.6 Å². The molecule has 0 N–H and O–H groups in total. The monoisotopic (exact) mass is 316 g/mol. The highest BCUT2D eigenvalue weighted by molar-refractivity contribution is 6.33. The molecule has 4 heteroatoms. The molecule has 0 fully saturated rings. The molecule has 1 atom stereocenters. The van der Waals surface area contributed by atoms with Gasteiger partial charge in [0.2, 0.25) is 0 Å². The number of aryl methyl sites for hydroxylation is 2. The molecule has 0 spiro atoms. The molecule has 0 aliphatic carbocycles. The van der Waals surface area contributed by atoms with Crippen molar-refractivity contribution in [2.45, 2.75) is 19.2 Å². The van der Waals surface area contributed by atoms with Crippen LogP contribution in [0.15, 0.2) is 30.3 Å². The Balaban J connectivity index is 2.49. The minimum Gasteiger partial charge on any atom is -0.207 e. The van der Waals surface area contributed by atoms with E-state index < -0.39 is 11.2 Å². The number of benzene rings is 2. The number of halogens is 4. The SMILES string of the molecule is Cc1cc(Cl)c(C(Cl)c2ccc(Cl)cc2F)cc1C. The third kappa shape index (κ3) is 3.05. The fourth-order valence-electron chi connectivity index (χ4n) is 1.87. The highest BCUT2D eigenvalue weighted by atomic mass is 35.5. The highest BCUT2D eigenvalue weighted by Crippen LogP contribution is 2.36. The van der Waals surface area contributed by atoms with Gasteiger partial charge in [-0.3, -0.25) is 0 Å². The van der Waals surface area contributed by atoms with Crippen LogP contribution < -0.4 is 0 Å². The first kappa shape index (κ1) is 14.6. The van der Waals surface area contributed by atoms with Crippen LogP contribution in [-0.2, 0) is 0 Å². The normalized spacial score (nSPS) is 12.5. The van der Waals surface area contributed by atoms with Crippen LogP contribution in [0.2, 0.25) is 10.0 Å². The fraction of sp³-hybridized carbons (Fsp3) is 0.200. The van der Waals surface area contributed by atoms with Crippen LogP contribution in [0, 0.1) is 19.7 Å². The quantitative estimate of drug-likeness (QED) is 0.589. The minimum atomic E-state index is -0.635. The largest absolute Gasteiger partial charge is 0.207 e. The predicted molar refractivity (Wildman–Crippen MR) is 80.0 cm³/mol. The van der Waals surface area contributed by atoms with E-state index >= 15 is 0 Å². The molecule has 0 nitrogen and oxygen atoms in total. The number of rotatable bonds is 2. The summed E-state index contributed by atoms with van der Waals surface area (Å²) in [6.07, 6.45) is 0. The lowest BCUT2D eigenvalue weighted by molar-refractivity contribution is 0.612. The summed E-state index contributed by atoms with van der Waals surface area (Å²) in [5.74, 6) is -0.429. The Bertz CT molecular complexity index is 623. The summed E-state index contributed by atoms with van der Waals surface area (Å²) < 4.78 is 13.9. The second-order valence-electron chi connectivity index (χ2n) is 4.49. The molecule has 0 aromatic heterocycles. The Morgan fingerprint density at radius 3 is 2.21 bits per heavy atom. The molecular weight excluding hydrogens is 306 g/mol. The van der Waals surface area contributed by atoms with Crippen molar-refractivity contribution in [1.82, 2.24) is 0 Å². The Hall–Kier alpha value is -0.760. The van der Waals surface area contributed by atoms with Crippen LogP contribution in [0.1, 0.15) is 27.6 Å². The van der Waals surface area contributed by atoms with Gasteiger partial charge in [0.15, 0.2) is 0 Å². The molecule has 0 saturated heterocycles. The summed E-state index contributed by atoms with van der Waals surface area (Å²) in [7, 11) is 0. The van der Waals surface area contributed by atoms with Gasteiger partial charge in [-0.15, -0.1) is 11.6 Å². The summed E-state index contributed by atoms with van der Waals surface area (Å²) >= 11 is 18.3. The van der Waals surface area contributed by atoms with Crippen molar-refractivity contribution in [3.8, 4) is 0 Å². The molecule has 19 heavy (non-hydrogen) atoms. The Labute approximate surface area is 127 Å². The standard InChI is InChI=1S/C15H12Cl3F/c1-8-5-12(13(17)6-9(8)2)15(18)11-4-3-10(16)7-14(11)19/h3-7,15H,1-2H3. The number of hydrogen-bond donors (Lipinski definition) is 0. The van der Waals surface area contributed by atoms with Crippen molar-refractivity contribution < 1.29 is 4.39 Å². The van der Waals surface area contributed by atoms with E-state index in [2.05, 4.69) is 0 Å². The summed E-state index contributed by atoms with van der Waals surface area (Å²) in [4.78, 5) is 0. The van der Waals surface area contributed by atoms with Crippen molar-refractivity contribution >= 4 is 34.8 Å². The predicted octanol–water partition coefficient (Wildman–Crippen LogP) is 6.08. The van der Waals surface area contributed by atoms with E-state index in [1.165, 1.54) is 6.07 Å². The maximum Gasteiger partial charge on any atom is 0.129 e.